The van der Waals surface area contributed by atoms with Crippen LogP contribution in [-0.2, 0) is 5.41 Å². The molecule has 2 aromatic rings. The van der Waals surface area contributed by atoms with Crippen LogP contribution in [0, 0.1) is 6.92 Å². The van der Waals surface area contributed by atoms with Gasteiger partial charge < -0.3 is 5.11 Å². The fraction of sp³-hybridized carbons (Fsp3) is 0.222. The predicted molar refractivity (Wildman–Crippen MR) is 79.1 cm³/mol. The van der Waals surface area contributed by atoms with E-state index in [1.54, 1.807) is 0 Å². The maximum absolute atomic E-state index is 10.1. The molecule has 1 N–H and O–H groups in total. The highest BCUT2D eigenvalue weighted by molar-refractivity contribution is 5.62. The van der Waals surface area contributed by atoms with Gasteiger partial charge in [-0.05, 0) is 30.0 Å². The van der Waals surface area contributed by atoms with Gasteiger partial charge in [-0.25, -0.2) is 0 Å². The number of rotatable bonds is 2. The van der Waals surface area contributed by atoms with Gasteiger partial charge in [0.2, 0.25) is 0 Å². The van der Waals surface area contributed by atoms with Gasteiger partial charge in [-0.1, -0.05) is 66.2 Å². The smallest absolute Gasteiger partial charge is 0.0571 e. The Morgan fingerprint density at radius 2 is 1.95 bits per heavy atom. The summed E-state index contributed by atoms with van der Waals surface area (Å²) in [6, 6.07) is 16.8. The van der Waals surface area contributed by atoms with E-state index in [4.69, 9.17) is 0 Å². The molecule has 0 aliphatic heterocycles. The number of hydrogen-bond acceptors (Lipinski definition) is 1. The first-order chi connectivity index (χ1) is 9.26. The molecule has 0 unspecified atom stereocenters. The van der Waals surface area contributed by atoms with E-state index in [1.807, 2.05) is 6.07 Å². The van der Waals surface area contributed by atoms with Crippen LogP contribution in [-0.4, -0.2) is 11.7 Å². The van der Waals surface area contributed by atoms with E-state index in [2.05, 4.69) is 61.5 Å². The van der Waals surface area contributed by atoms with Gasteiger partial charge in [-0.3, -0.25) is 0 Å². The highest BCUT2D eigenvalue weighted by atomic mass is 16.3. The van der Waals surface area contributed by atoms with Gasteiger partial charge in [0.15, 0.2) is 0 Å². The van der Waals surface area contributed by atoms with E-state index in [1.165, 1.54) is 22.3 Å². The van der Waals surface area contributed by atoms with Gasteiger partial charge in [0.25, 0.3) is 0 Å². The largest absolute Gasteiger partial charge is 0.395 e. The van der Waals surface area contributed by atoms with Crippen LogP contribution in [0.4, 0.5) is 0 Å². The molecule has 1 nitrogen and oxygen atoms in total. The highest BCUT2D eigenvalue weighted by Gasteiger charge is 2.35. The van der Waals surface area contributed by atoms with Crippen molar-refractivity contribution in [3.8, 4) is 0 Å². The van der Waals surface area contributed by atoms with Crippen molar-refractivity contribution in [3.63, 3.8) is 0 Å². The van der Waals surface area contributed by atoms with Crippen molar-refractivity contribution in [3.05, 3.63) is 76.9 Å². The summed E-state index contributed by atoms with van der Waals surface area (Å²) >= 11 is 0. The average molecular weight is 250 g/mol. The maximum atomic E-state index is 10.1. The molecule has 0 saturated carbocycles. The van der Waals surface area contributed by atoms with E-state index in [0.717, 1.165) is 6.42 Å². The number of fused-ring (bicyclic) bond motifs is 1. The Labute approximate surface area is 114 Å². The molecule has 0 saturated heterocycles. The van der Waals surface area contributed by atoms with Crippen LogP contribution in [0.2, 0.25) is 0 Å². The molecule has 0 heterocycles. The molecule has 1 atom stereocenters. The average Bonchev–Trinajstić information content (AvgIpc) is 2.46. The molecule has 0 fully saturated rings. The van der Waals surface area contributed by atoms with Gasteiger partial charge in [-0.2, -0.15) is 0 Å². The van der Waals surface area contributed by atoms with Crippen molar-refractivity contribution in [2.45, 2.75) is 18.8 Å². The van der Waals surface area contributed by atoms with Crippen molar-refractivity contribution in [2.24, 2.45) is 0 Å². The molecule has 2 aromatic carbocycles. The monoisotopic (exact) mass is 250 g/mol. The second-order valence-corrected chi connectivity index (χ2v) is 5.30. The van der Waals surface area contributed by atoms with Crippen LogP contribution in [0.1, 0.15) is 28.7 Å². The van der Waals surface area contributed by atoms with E-state index in [0.29, 0.717) is 0 Å². The fourth-order valence-electron chi connectivity index (χ4n) is 3.03. The molecule has 3 rings (SSSR count). The van der Waals surface area contributed by atoms with Crippen LogP contribution >= 0.6 is 0 Å². The summed E-state index contributed by atoms with van der Waals surface area (Å²) in [7, 11) is 0. The van der Waals surface area contributed by atoms with Gasteiger partial charge in [0.1, 0.15) is 0 Å². The highest BCUT2D eigenvalue weighted by Crippen LogP contribution is 2.41. The Morgan fingerprint density at radius 1 is 1.11 bits per heavy atom. The minimum absolute atomic E-state index is 0.137. The Morgan fingerprint density at radius 3 is 2.74 bits per heavy atom. The van der Waals surface area contributed by atoms with Crippen LogP contribution in [0.15, 0.2) is 54.6 Å². The molecule has 1 aliphatic carbocycles. The van der Waals surface area contributed by atoms with Crippen molar-refractivity contribution in [2.75, 3.05) is 6.61 Å². The molecule has 0 radical (unpaired) electrons. The molecule has 96 valence electrons. The second-order valence-electron chi connectivity index (χ2n) is 5.30. The van der Waals surface area contributed by atoms with Crippen LogP contribution in [0.5, 0.6) is 0 Å². The maximum Gasteiger partial charge on any atom is 0.0571 e. The van der Waals surface area contributed by atoms with E-state index < -0.39 is 0 Å². The van der Waals surface area contributed by atoms with Gasteiger partial charge in [0, 0.05) is 5.41 Å². The lowest BCUT2D eigenvalue weighted by atomic mass is 9.68. The first-order valence-corrected chi connectivity index (χ1v) is 6.70. The van der Waals surface area contributed by atoms with Crippen molar-refractivity contribution in [1.29, 1.82) is 0 Å². The van der Waals surface area contributed by atoms with Gasteiger partial charge >= 0.3 is 0 Å². The summed E-state index contributed by atoms with van der Waals surface area (Å²) in [5, 5.41) is 10.1. The number of aryl methyl sites for hydroxylation is 1. The molecule has 1 aliphatic rings. The quantitative estimate of drug-likeness (QED) is 0.861. The summed E-state index contributed by atoms with van der Waals surface area (Å²) < 4.78 is 0. The SMILES string of the molecule is Cc1cccc([C@@]2(CO)CC=Cc3ccccc32)c1. The van der Waals surface area contributed by atoms with E-state index in [9.17, 15) is 5.11 Å². The molecule has 1 heteroatoms. The summed E-state index contributed by atoms with van der Waals surface area (Å²) in [6.45, 7) is 2.23. The lowest BCUT2D eigenvalue weighted by Crippen LogP contribution is -2.33. The third-order valence-electron chi connectivity index (χ3n) is 4.08. The summed E-state index contributed by atoms with van der Waals surface area (Å²) in [4.78, 5) is 0. The fourth-order valence-corrected chi connectivity index (χ4v) is 3.03. The van der Waals surface area contributed by atoms with Crippen LogP contribution in [0.3, 0.4) is 0 Å². The third-order valence-corrected chi connectivity index (χ3v) is 4.08. The Bertz CT molecular complexity index is 627. The molecule has 0 spiro atoms. The first kappa shape index (κ1) is 12.2. The van der Waals surface area contributed by atoms with Crippen LogP contribution < -0.4 is 0 Å². The number of hydrogen-bond donors (Lipinski definition) is 1. The molecule has 0 bridgehead atoms. The third kappa shape index (κ3) is 1.91. The minimum Gasteiger partial charge on any atom is -0.395 e. The Kier molecular flexibility index (Phi) is 3.00. The standard InChI is InChI=1S/C18H18O/c1-14-6-4-9-16(12-14)18(13-19)11-5-8-15-7-2-3-10-17(15)18/h2-10,12,19H,11,13H2,1H3/t18-/m0/s1. The molecule has 0 aromatic heterocycles. The lowest BCUT2D eigenvalue weighted by molar-refractivity contribution is 0.219. The predicted octanol–water partition coefficient (Wildman–Crippen LogP) is 3.69. The Balaban J connectivity index is 2.23. The zero-order valence-electron chi connectivity index (χ0n) is 11.1. The second kappa shape index (κ2) is 4.67. The topological polar surface area (TPSA) is 20.2 Å². The zero-order chi connectivity index (χ0) is 13.3. The summed E-state index contributed by atoms with van der Waals surface area (Å²) in [6.07, 6.45) is 5.17. The number of benzene rings is 2. The zero-order valence-corrected chi connectivity index (χ0v) is 11.1. The minimum atomic E-state index is -0.294. The molecule has 0 amide bonds. The van der Waals surface area contributed by atoms with Crippen molar-refractivity contribution >= 4 is 6.08 Å². The first-order valence-electron chi connectivity index (χ1n) is 6.70. The molecular formula is C18H18O. The normalized spacial score (nSPS) is 21.2. The summed E-state index contributed by atoms with van der Waals surface area (Å²) in [5.74, 6) is 0. The van der Waals surface area contributed by atoms with E-state index >= 15 is 0 Å². The number of aliphatic hydroxyl groups excluding tert-OH is 1. The van der Waals surface area contributed by atoms with Gasteiger partial charge in [0.05, 0.1) is 6.61 Å². The van der Waals surface area contributed by atoms with Gasteiger partial charge in [-0.15, -0.1) is 0 Å². The molecular weight excluding hydrogens is 232 g/mol. The lowest BCUT2D eigenvalue weighted by Gasteiger charge is -2.36. The molecule has 19 heavy (non-hydrogen) atoms. The van der Waals surface area contributed by atoms with Crippen LogP contribution in [0.25, 0.3) is 6.08 Å². The summed E-state index contributed by atoms with van der Waals surface area (Å²) in [5.41, 5.74) is 4.58. The number of allylic oxidation sites excluding steroid dienone is 1. The van der Waals surface area contributed by atoms with Crippen molar-refractivity contribution < 1.29 is 5.11 Å². The van der Waals surface area contributed by atoms with E-state index in [-0.39, 0.29) is 12.0 Å². The Hall–Kier alpha value is -1.86. The number of aliphatic hydroxyl groups is 1. The van der Waals surface area contributed by atoms with Crippen molar-refractivity contribution in [1.82, 2.24) is 0 Å².